The van der Waals surface area contributed by atoms with Crippen LogP contribution in [-0.4, -0.2) is 24.8 Å². The van der Waals surface area contributed by atoms with Crippen LogP contribution in [0.1, 0.15) is 18.5 Å². The Bertz CT molecular complexity index is 341. The van der Waals surface area contributed by atoms with Crippen LogP contribution >= 0.6 is 0 Å². The number of pyridine rings is 1. The van der Waals surface area contributed by atoms with Crippen molar-refractivity contribution in [1.29, 1.82) is 0 Å². The Balaban J connectivity index is 2.97. The second-order valence-electron chi connectivity index (χ2n) is 3.15. The molecule has 0 aromatic carbocycles. The molecule has 0 spiro atoms. The maximum Gasteiger partial charge on any atom is 0.407 e. The molecule has 90 valence electrons. The summed E-state index contributed by atoms with van der Waals surface area (Å²) in [7, 11) is 1.26. The van der Waals surface area contributed by atoms with Crippen LogP contribution in [0, 0.1) is 0 Å². The highest BCUT2D eigenvalue weighted by Crippen LogP contribution is 2.32. The van der Waals surface area contributed by atoms with Gasteiger partial charge >= 0.3 is 6.18 Å². The maximum atomic E-state index is 12.6. The van der Waals surface area contributed by atoms with Gasteiger partial charge in [0.05, 0.1) is 12.8 Å². The van der Waals surface area contributed by atoms with Gasteiger partial charge in [0.25, 0.3) is 0 Å². The summed E-state index contributed by atoms with van der Waals surface area (Å²) in [6, 6.07) is -0.383. The van der Waals surface area contributed by atoms with E-state index in [0.717, 1.165) is 0 Å². The molecular weight excluding hydrogens is 221 g/mol. The first-order valence-corrected chi connectivity index (χ1v) is 4.80. The van der Waals surface area contributed by atoms with Crippen LogP contribution < -0.4 is 10.1 Å². The lowest BCUT2D eigenvalue weighted by Crippen LogP contribution is -2.31. The molecule has 0 bridgehead atoms. The van der Waals surface area contributed by atoms with Crippen molar-refractivity contribution in [3.63, 3.8) is 0 Å². The smallest absolute Gasteiger partial charge is 0.407 e. The van der Waals surface area contributed by atoms with E-state index in [4.69, 9.17) is 4.74 Å². The van der Waals surface area contributed by atoms with E-state index < -0.39 is 12.2 Å². The van der Waals surface area contributed by atoms with E-state index in [1.54, 1.807) is 6.92 Å². The van der Waals surface area contributed by atoms with Gasteiger partial charge in [0.2, 0.25) is 0 Å². The molecule has 1 aromatic rings. The number of halogens is 3. The van der Waals surface area contributed by atoms with E-state index in [1.165, 1.54) is 25.5 Å². The Morgan fingerprint density at radius 3 is 2.62 bits per heavy atom. The number of nitrogens with one attached hydrogen (secondary N) is 1. The van der Waals surface area contributed by atoms with Gasteiger partial charge in [-0.05, 0) is 20.0 Å². The SMILES string of the molecule is CCOc1cncc(C(NC)C(F)(F)F)c1. The summed E-state index contributed by atoms with van der Waals surface area (Å²) in [5, 5.41) is 2.21. The third-order valence-corrected chi connectivity index (χ3v) is 1.99. The van der Waals surface area contributed by atoms with Crippen LogP contribution in [-0.2, 0) is 0 Å². The van der Waals surface area contributed by atoms with Crippen molar-refractivity contribution in [3.8, 4) is 5.75 Å². The highest BCUT2D eigenvalue weighted by molar-refractivity contribution is 5.26. The summed E-state index contributed by atoms with van der Waals surface area (Å²) < 4.78 is 42.9. The Kier molecular flexibility index (Phi) is 4.12. The molecule has 0 aliphatic rings. The molecule has 6 heteroatoms. The quantitative estimate of drug-likeness (QED) is 0.868. The summed E-state index contributed by atoms with van der Waals surface area (Å²) in [6.07, 6.45) is -1.78. The zero-order valence-corrected chi connectivity index (χ0v) is 9.01. The van der Waals surface area contributed by atoms with Crippen LogP contribution in [0.4, 0.5) is 13.2 Å². The Morgan fingerprint density at radius 2 is 2.12 bits per heavy atom. The highest BCUT2D eigenvalue weighted by atomic mass is 19.4. The molecule has 1 unspecified atom stereocenters. The average molecular weight is 234 g/mol. The minimum Gasteiger partial charge on any atom is -0.492 e. The molecule has 0 amide bonds. The van der Waals surface area contributed by atoms with Crippen LogP contribution in [0.2, 0.25) is 0 Å². The molecule has 1 heterocycles. The molecule has 0 saturated heterocycles. The van der Waals surface area contributed by atoms with Crippen molar-refractivity contribution in [3.05, 3.63) is 24.0 Å². The van der Waals surface area contributed by atoms with Crippen molar-refractivity contribution in [2.75, 3.05) is 13.7 Å². The lowest BCUT2D eigenvalue weighted by molar-refractivity contribution is -0.156. The second kappa shape index (κ2) is 5.16. The van der Waals surface area contributed by atoms with Gasteiger partial charge in [-0.15, -0.1) is 0 Å². The normalized spacial score (nSPS) is 13.6. The average Bonchev–Trinajstić information content (AvgIpc) is 2.17. The first kappa shape index (κ1) is 12.8. The molecule has 0 aliphatic carbocycles. The van der Waals surface area contributed by atoms with Gasteiger partial charge in [0.15, 0.2) is 0 Å². The van der Waals surface area contributed by atoms with Crippen molar-refractivity contribution < 1.29 is 17.9 Å². The monoisotopic (exact) mass is 234 g/mol. The van der Waals surface area contributed by atoms with E-state index in [0.29, 0.717) is 12.4 Å². The molecule has 1 aromatic heterocycles. The molecule has 0 saturated carbocycles. The molecule has 3 nitrogen and oxygen atoms in total. The fourth-order valence-electron chi connectivity index (χ4n) is 1.36. The first-order chi connectivity index (χ1) is 7.49. The van der Waals surface area contributed by atoms with E-state index in [2.05, 4.69) is 10.3 Å². The van der Waals surface area contributed by atoms with Crippen LogP contribution in [0.5, 0.6) is 5.75 Å². The summed E-state index contributed by atoms with van der Waals surface area (Å²) in [5.41, 5.74) is 0.0425. The zero-order valence-electron chi connectivity index (χ0n) is 9.01. The fourth-order valence-corrected chi connectivity index (χ4v) is 1.36. The van der Waals surface area contributed by atoms with Crippen molar-refractivity contribution in [1.82, 2.24) is 10.3 Å². The van der Waals surface area contributed by atoms with Gasteiger partial charge in [-0.25, -0.2) is 0 Å². The predicted molar refractivity (Wildman–Crippen MR) is 53.3 cm³/mol. The van der Waals surface area contributed by atoms with Gasteiger partial charge in [0.1, 0.15) is 11.8 Å². The summed E-state index contributed by atoms with van der Waals surface area (Å²) in [5.74, 6) is 0.338. The van der Waals surface area contributed by atoms with Crippen LogP contribution in [0.3, 0.4) is 0 Å². The van der Waals surface area contributed by atoms with Gasteiger partial charge in [-0.3, -0.25) is 4.98 Å². The molecule has 0 fully saturated rings. The van der Waals surface area contributed by atoms with Gasteiger partial charge in [-0.1, -0.05) is 0 Å². The van der Waals surface area contributed by atoms with E-state index in [-0.39, 0.29) is 5.56 Å². The number of rotatable bonds is 4. The molecule has 1 N–H and O–H groups in total. The molecule has 0 aliphatic heterocycles. The second-order valence-corrected chi connectivity index (χ2v) is 3.15. The number of alkyl halides is 3. The van der Waals surface area contributed by atoms with Crippen molar-refractivity contribution in [2.45, 2.75) is 19.1 Å². The number of hydrogen-bond acceptors (Lipinski definition) is 3. The van der Waals surface area contributed by atoms with Crippen LogP contribution in [0.15, 0.2) is 18.5 Å². The number of nitrogens with zero attached hydrogens (tertiary/aromatic N) is 1. The van der Waals surface area contributed by atoms with Crippen molar-refractivity contribution >= 4 is 0 Å². The molecule has 0 radical (unpaired) electrons. The number of ether oxygens (including phenoxy) is 1. The topological polar surface area (TPSA) is 34.1 Å². The molecule has 1 atom stereocenters. The summed E-state index contributed by atoms with van der Waals surface area (Å²) >= 11 is 0. The van der Waals surface area contributed by atoms with Crippen molar-refractivity contribution in [2.24, 2.45) is 0 Å². The number of aromatic nitrogens is 1. The highest BCUT2D eigenvalue weighted by Gasteiger charge is 2.40. The van der Waals surface area contributed by atoms with E-state index >= 15 is 0 Å². The molecular formula is C10H13F3N2O. The predicted octanol–water partition coefficient (Wildman–Crippen LogP) is 2.30. The standard InChI is InChI=1S/C10H13F3N2O/c1-3-16-8-4-7(5-15-6-8)9(14-2)10(11,12)13/h4-6,9,14H,3H2,1-2H3. The van der Waals surface area contributed by atoms with E-state index in [9.17, 15) is 13.2 Å². The minimum absolute atomic E-state index is 0.0425. The third kappa shape index (κ3) is 3.10. The molecule has 16 heavy (non-hydrogen) atoms. The first-order valence-electron chi connectivity index (χ1n) is 4.80. The van der Waals surface area contributed by atoms with Crippen LogP contribution in [0.25, 0.3) is 0 Å². The molecule has 1 rings (SSSR count). The van der Waals surface area contributed by atoms with Gasteiger partial charge in [0, 0.05) is 11.8 Å². The Labute approximate surface area is 91.6 Å². The summed E-state index contributed by atoms with van der Waals surface area (Å²) in [4.78, 5) is 3.72. The largest absolute Gasteiger partial charge is 0.492 e. The third-order valence-electron chi connectivity index (χ3n) is 1.99. The number of hydrogen-bond donors (Lipinski definition) is 1. The maximum absolute atomic E-state index is 12.6. The Morgan fingerprint density at radius 1 is 1.44 bits per heavy atom. The Hall–Kier alpha value is -1.30. The lowest BCUT2D eigenvalue weighted by atomic mass is 10.1. The summed E-state index contributed by atoms with van der Waals surface area (Å²) in [6.45, 7) is 2.15. The van der Waals surface area contributed by atoms with E-state index in [1.807, 2.05) is 0 Å². The lowest BCUT2D eigenvalue weighted by Gasteiger charge is -2.19. The zero-order chi connectivity index (χ0) is 12.2. The van der Waals surface area contributed by atoms with Gasteiger partial charge in [-0.2, -0.15) is 13.2 Å². The van der Waals surface area contributed by atoms with Gasteiger partial charge < -0.3 is 10.1 Å². The minimum atomic E-state index is -4.35. The fraction of sp³-hybridized carbons (Fsp3) is 0.500.